The van der Waals surface area contributed by atoms with Crippen LogP contribution in [0.15, 0.2) is 29.1 Å². The number of hydrogen-bond acceptors (Lipinski definition) is 5. The van der Waals surface area contributed by atoms with E-state index < -0.39 is 0 Å². The maximum atomic E-state index is 12.6. The molecule has 0 amide bonds. The predicted octanol–water partition coefficient (Wildman–Crippen LogP) is 4.49. The first-order chi connectivity index (χ1) is 13.4. The topological polar surface area (TPSA) is 108 Å². The van der Waals surface area contributed by atoms with E-state index >= 15 is 0 Å². The lowest BCUT2D eigenvalue weighted by Gasteiger charge is -2.20. The van der Waals surface area contributed by atoms with Gasteiger partial charge in [-0.1, -0.05) is 51.7 Å². The van der Waals surface area contributed by atoms with Crippen LogP contribution in [0.3, 0.4) is 0 Å². The Kier molecular flexibility index (Phi) is 8.23. The number of nitrogens with one attached hydrogen (secondary N) is 3. The van der Waals surface area contributed by atoms with Gasteiger partial charge in [0.25, 0.3) is 5.56 Å². The largest absolute Gasteiger partial charge is 0.399 e. The number of benzene rings is 1. The van der Waals surface area contributed by atoms with Crippen molar-refractivity contribution in [3.8, 4) is 0 Å². The molecular weight excluding hydrogens is 350 g/mol. The van der Waals surface area contributed by atoms with Crippen LogP contribution < -0.4 is 16.6 Å². The third-order valence-corrected chi connectivity index (χ3v) is 4.93. The van der Waals surface area contributed by atoms with E-state index in [2.05, 4.69) is 29.1 Å². The second-order valence-corrected chi connectivity index (χ2v) is 7.38. The van der Waals surface area contributed by atoms with Crippen LogP contribution in [-0.4, -0.2) is 21.7 Å². The minimum atomic E-state index is -0.267. The lowest BCUT2D eigenvalue weighted by Crippen LogP contribution is -2.27. The third-order valence-electron chi connectivity index (χ3n) is 4.93. The van der Waals surface area contributed by atoms with Crippen molar-refractivity contribution in [3.05, 3.63) is 51.6 Å². The molecule has 6 heteroatoms. The number of anilines is 2. The number of H-pyrrole nitrogens is 1. The molecule has 5 N–H and O–H groups in total. The quantitative estimate of drug-likeness (QED) is 0.260. The van der Waals surface area contributed by atoms with Gasteiger partial charge in [-0.2, -0.15) is 0 Å². The molecule has 1 aromatic heterocycles. The van der Waals surface area contributed by atoms with Crippen LogP contribution in [-0.2, 0) is 6.42 Å². The van der Waals surface area contributed by atoms with Crippen molar-refractivity contribution < 1.29 is 0 Å². The Balaban J connectivity index is 2.24. The Morgan fingerprint density at radius 3 is 2.54 bits per heavy atom. The van der Waals surface area contributed by atoms with Crippen molar-refractivity contribution in [1.82, 2.24) is 9.97 Å². The summed E-state index contributed by atoms with van der Waals surface area (Å²) in [6, 6.07) is 7.79. The van der Waals surface area contributed by atoms with Gasteiger partial charge in [0.1, 0.15) is 17.2 Å². The standard InChI is InChI=1S/C22H33N5O/c1-4-6-7-8-9-18(5-2)25-21-20(15(3)23)22(28)27-19(26-21)14-16-10-12-17(24)13-11-16/h10-13,18,23H,4-9,14,24H2,1-3H3,(H2,25,26,27,28). The van der Waals surface area contributed by atoms with Crippen molar-refractivity contribution in [2.45, 2.75) is 71.8 Å². The maximum Gasteiger partial charge on any atom is 0.262 e. The van der Waals surface area contributed by atoms with Gasteiger partial charge in [0, 0.05) is 23.9 Å². The lowest BCUT2D eigenvalue weighted by atomic mass is 10.0. The van der Waals surface area contributed by atoms with E-state index in [0.717, 1.165) is 24.8 Å². The average Bonchev–Trinajstić information content (AvgIpc) is 2.65. The van der Waals surface area contributed by atoms with Crippen LogP contribution in [0.2, 0.25) is 0 Å². The number of nitrogen functional groups attached to an aromatic ring is 1. The molecule has 152 valence electrons. The molecule has 0 spiro atoms. The molecule has 1 unspecified atom stereocenters. The van der Waals surface area contributed by atoms with Crippen LogP contribution in [0.5, 0.6) is 0 Å². The number of aromatic amines is 1. The van der Waals surface area contributed by atoms with Crippen LogP contribution >= 0.6 is 0 Å². The summed E-state index contributed by atoms with van der Waals surface area (Å²) >= 11 is 0. The summed E-state index contributed by atoms with van der Waals surface area (Å²) in [5.74, 6) is 1.10. The highest BCUT2D eigenvalue weighted by Crippen LogP contribution is 2.17. The van der Waals surface area contributed by atoms with Crippen molar-refractivity contribution in [3.63, 3.8) is 0 Å². The van der Waals surface area contributed by atoms with E-state index in [-0.39, 0.29) is 17.3 Å². The number of nitrogens with two attached hydrogens (primary N) is 1. The number of nitrogens with zero attached hydrogens (tertiary/aromatic N) is 1. The highest BCUT2D eigenvalue weighted by atomic mass is 16.1. The molecule has 1 atom stereocenters. The van der Waals surface area contributed by atoms with E-state index in [1.165, 1.54) is 19.3 Å². The van der Waals surface area contributed by atoms with Gasteiger partial charge in [-0.25, -0.2) is 4.98 Å². The molecule has 0 aliphatic heterocycles. The second-order valence-electron chi connectivity index (χ2n) is 7.38. The normalized spacial score (nSPS) is 12.0. The molecule has 0 aliphatic carbocycles. The van der Waals surface area contributed by atoms with Crippen molar-refractivity contribution >= 4 is 17.2 Å². The molecule has 2 aromatic rings. The van der Waals surface area contributed by atoms with Crippen molar-refractivity contribution in [2.75, 3.05) is 11.1 Å². The maximum absolute atomic E-state index is 12.6. The van der Waals surface area contributed by atoms with Gasteiger partial charge in [-0.15, -0.1) is 0 Å². The Morgan fingerprint density at radius 2 is 1.93 bits per heavy atom. The van der Waals surface area contributed by atoms with E-state index in [1.807, 2.05) is 24.3 Å². The van der Waals surface area contributed by atoms with Gasteiger partial charge in [0.2, 0.25) is 0 Å². The number of aromatic nitrogens is 2. The van der Waals surface area contributed by atoms with Gasteiger partial charge >= 0.3 is 0 Å². The van der Waals surface area contributed by atoms with Gasteiger partial charge in [-0.05, 0) is 37.5 Å². The van der Waals surface area contributed by atoms with Gasteiger partial charge in [0.15, 0.2) is 0 Å². The Morgan fingerprint density at radius 1 is 1.21 bits per heavy atom. The molecular formula is C22H33N5O. The van der Waals surface area contributed by atoms with Crippen LogP contribution in [0.25, 0.3) is 0 Å². The van der Waals surface area contributed by atoms with E-state index in [1.54, 1.807) is 6.92 Å². The fourth-order valence-electron chi connectivity index (χ4n) is 3.27. The highest BCUT2D eigenvalue weighted by molar-refractivity contribution is 6.00. The zero-order chi connectivity index (χ0) is 20.5. The number of unbranched alkanes of at least 4 members (excludes halogenated alkanes) is 3. The smallest absolute Gasteiger partial charge is 0.262 e. The molecule has 1 aromatic carbocycles. The molecule has 1 heterocycles. The summed E-state index contributed by atoms with van der Waals surface area (Å²) in [4.78, 5) is 20.1. The Labute approximate surface area is 167 Å². The molecule has 0 saturated heterocycles. The summed E-state index contributed by atoms with van der Waals surface area (Å²) in [6.45, 7) is 5.97. The zero-order valence-electron chi connectivity index (χ0n) is 17.3. The summed E-state index contributed by atoms with van der Waals surface area (Å²) in [5, 5.41) is 11.5. The average molecular weight is 384 g/mol. The fourth-order valence-corrected chi connectivity index (χ4v) is 3.27. The van der Waals surface area contributed by atoms with Crippen molar-refractivity contribution in [1.29, 1.82) is 5.41 Å². The van der Waals surface area contributed by atoms with Crippen LogP contribution in [0.1, 0.15) is 76.2 Å². The SMILES string of the molecule is CCCCCCC(CC)Nc1nc(Cc2ccc(N)cc2)[nH]c(=O)c1C(C)=N. The monoisotopic (exact) mass is 383 g/mol. The number of rotatable bonds is 11. The lowest BCUT2D eigenvalue weighted by molar-refractivity contribution is 0.559. The summed E-state index contributed by atoms with van der Waals surface area (Å²) in [6.07, 6.45) is 7.33. The van der Waals surface area contributed by atoms with Crippen molar-refractivity contribution in [2.24, 2.45) is 0 Å². The first-order valence-corrected chi connectivity index (χ1v) is 10.2. The highest BCUT2D eigenvalue weighted by Gasteiger charge is 2.17. The summed E-state index contributed by atoms with van der Waals surface area (Å²) in [5.41, 5.74) is 7.75. The Bertz CT molecular complexity index is 826. The minimum absolute atomic E-state index is 0.219. The van der Waals surface area contributed by atoms with E-state index in [0.29, 0.717) is 29.3 Å². The minimum Gasteiger partial charge on any atom is -0.399 e. The van der Waals surface area contributed by atoms with Gasteiger partial charge in [0.05, 0.1) is 0 Å². The molecule has 0 fully saturated rings. The Hall–Kier alpha value is -2.63. The van der Waals surface area contributed by atoms with Crippen LogP contribution in [0, 0.1) is 5.41 Å². The summed E-state index contributed by atoms with van der Waals surface area (Å²) in [7, 11) is 0. The first-order valence-electron chi connectivity index (χ1n) is 10.2. The van der Waals surface area contributed by atoms with E-state index in [4.69, 9.17) is 11.1 Å². The molecule has 0 aliphatic rings. The predicted molar refractivity (Wildman–Crippen MR) is 117 cm³/mol. The molecule has 2 rings (SSSR count). The molecule has 0 radical (unpaired) electrons. The summed E-state index contributed by atoms with van der Waals surface area (Å²) < 4.78 is 0. The van der Waals surface area contributed by atoms with Gasteiger partial charge < -0.3 is 21.4 Å². The molecule has 0 bridgehead atoms. The van der Waals surface area contributed by atoms with Crippen LogP contribution in [0.4, 0.5) is 11.5 Å². The van der Waals surface area contributed by atoms with E-state index in [9.17, 15) is 4.79 Å². The van der Waals surface area contributed by atoms with Gasteiger partial charge in [-0.3, -0.25) is 4.79 Å². The molecule has 6 nitrogen and oxygen atoms in total. The molecule has 28 heavy (non-hydrogen) atoms. The second kappa shape index (κ2) is 10.6. The zero-order valence-corrected chi connectivity index (χ0v) is 17.3. The number of hydrogen-bond donors (Lipinski definition) is 4. The first kappa shape index (κ1) is 21.7. The fraction of sp³-hybridized carbons (Fsp3) is 0.500. The molecule has 0 saturated carbocycles. The third kappa shape index (κ3) is 6.22.